The Balaban J connectivity index is 1.75. The molecule has 9 nitrogen and oxygen atoms in total. The number of amides is 2. The van der Waals surface area contributed by atoms with Gasteiger partial charge in [0.1, 0.15) is 5.69 Å². The van der Waals surface area contributed by atoms with Crippen molar-refractivity contribution in [2.75, 3.05) is 25.2 Å². The fraction of sp³-hybridized carbons (Fsp3) is 0.429. The molecule has 0 saturated heterocycles. The Hall–Kier alpha value is -2.90. The van der Waals surface area contributed by atoms with Crippen molar-refractivity contribution in [2.24, 2.45) is 0 Å². The van der Waals surface area contributed by atoms with Crippen LogP contribution >= 0.6 is 10.6 Å². The van der Waals surface area contributed by atoms with Gasteiger partial charge in [-0.3, -0.25) is 23.7 Å². The fourth-order valence-corrected chi connectivity index (χ4v) is 3.98. The zero-order valence-corrected chi connectivity index (χ0v) is 19.5. The lowest BCUT2D eigenvalue weighted by molar-refractivity contribution is -0.154. The highest BCUT2D eigenvalue weighted by atomic mass is 32.3. The summed E-state index contributed by atoms with van der Waals surface area (Å²) in [4.78, 5) is 35.2. The predicted octanol–water partition coefficient (Wildman–Crippen LogP) is 3.55. The van der Waals surface area contributed by atoms with Gasteiger partial charge < -0.3 is 15.0 Å². The number of alkyl halides is 3. The van der Waals surface area contributed by atoms with Gasteiger partial charge >= 0.3 is 6.18 Å². The lowest BCUT2D eigenvalue weighted by Gasteiger charge is -2.26. The van der Waals surface area contributed by atoms with Gasteiger partial charge in [-0.15, -0.1) is 0 Å². The number of rotatable bonds is 8. The number of carbonyl (C=O) groups excluding carboxylic acids is 2. The summed E-state index contributed by atoms with van der Waals surface area (Å²) in [5.41, 5.74) is 1.81. The largest absolute Gasteiger partial charge is 0.468 e. The molecule has 3 heterocycles. The second-order valence-corrected chi connectivity index (χ2v) is 10.4. The third-order valence-corrected chi connectivity index (χ3v) is 6.22. The number of halogens is 3. The summed E-state index contributed by atoms with van der Waals surface area (Å²) in [5, 5.41) is 2.58. The molecule has 1 aliphatic heterocycles. The topological polar surface area (TPSA) is 125 Å². The van der Waals surface area contributed by atoms with Crippen LogP contribution in [0.3, 0.4) is 0 Å². The van der Waals surface area contributed by atoms with Gasteiger partial charge in [-0.2, -0.15) is 23.8 Å². The number of nitrogens with zero attached hydrogens (tertiary/aromatic N) is 3. The van der Waals surface area contributed by atoms with Crippen LogP contribution in [0.15, 0.2) is 24.5 Å². The molecule has 34 heavy (non-hydrogen) atoms. The number of carbonyl (C=O) groups is 2. The van der Waals surface area contributed by atoms with Crippen LogP contribution in [-0.2, 0) is 6.54 Å². The molecule has 1 atom stereocenters. The van der Waals surface area contributed by atoms with Crippen LogP contribution < -0.4 is 10.1 Å². The number of aryl methyl sites for hydroxylation is 1. The number of fused-ring (bicyclic) bond motifs is 1. The van der Waals surface area contributed by atoms with Gasteiger partial charge in [-0.25, -0.2) is 4.98 Å². The molecule has 0 saturated carbocycles. The lowest BCUT2D eigenvalue weighted by atomic mass is 10.1. The molecule has 0 fully saturated rings. The average Bonchev–Trinajstić information content (AvgIpc) is 3.07. The van der Waals surface area contributed by atoms with Crippen molar-refractivity contribution in [1.82, 2.24) is 20.2 Å². The lowest BCUT2D eigenvalue weighted by Crippen LogP contribution is -2.30. The second-order valence-electron chi connectivity index (χ2n) is 8.04. The van der Waals surface area contributed by atoms with E-state index in [-0.39, 0.29) is 36.3 Å². The molecule has 0 radical (unpaired) electrons. The van der Waals surface area contributed by atoms with E-state index in [0.717, 1.165) is 0 Å². The Morgan fingerprint density at radius 2 is 2.06 bits per heavy atom. The number of aromatic nitrogens is 2. The van der Waals surface area contributed by atoms with Crippen LogP contribution in [0.1, 0.15) is 50.5 Å². The number of ether oxygens (including phenoxy) is 1. The van der Waals surface area contributed by atoms with Crippen molar-refractivity contribution in [2.45, 2.75) is 32.6 Å². The molecule has 13 heteroatoms. The summed E-state index contributed by atoms with van der Waals surface area (Å²) >= 11 is 0. The Morgan fingerprint density at radius 3 is 2.68 bits per heavy atom. The Bertz CT molecular complexity index is 1090. The minimum Gasteiger partial charge on any atom is -0.468 e. The second kappa shape index (κ2) is 9.76. The maximum atomic E-state index is 13.0. The molecule has 2 aromatic rings. The van der Waals surface area contributed by atoms with Crippen molar-refractivity contribution in [3.05, 3.63) is 52.5 Å². The minimum absolute atomic E-state index is 0.00904. The van der Waals surface area contributed by atoms with Gasteiger partial charge in [0.05, 0.1) is 11.8 Å². The molecule has 0 aromatic carbocycles. The van der Waals surface area contributed by atoms with Gasteiger partial charge in [0, 0.05) is 48.4 Å². The molecule has 3 N–H and O–H groups in total. The summed E-state index contributed by atoms with van der Waals surface area (Å²) in [6.45, 7) is 1.98. The van der Waals surface area contributed by atoms with E-state index in [0.29, 0.717) is 22.3 Å². The first-order valence-corrected chi connectivity index (χ1v) is 12.3. The molecule has 1 unspecified atom stereocenters. The summed E-state index contributed by atoms with van der Waals surface area (Å²) in [6, 6.07) is 2.63. The molecule has 3 rings (SSSR count). The Morgan fingerprint density at radius 1 is 1.35 bits per heavy atom. The first-order valence-electron chi connectivity index (χ1n) is 10.2. The van der Waals surface area contributed by atoms with Crippen LogP contribution in [0.2, 0.25) is 0 Å². The van der Waals surface area contributed by atoms with Crippen LogP contribution in [0.25, 0.3) is 0 Å². The van der Waals surface area contributed by atoms with Gasteiger partial charge in [-0.1, -0.05) is 0 Å². The molecule has 0 bridgehead atoms. The van der Waals surface area contributed by atoms with Crippen molar-refractivity contribution in [3.63, 3.8) is 0 Å². The zero-order valence-electron chi connectivity index (χ0n) is 18.7. The Labute approximate surface area is 195 Å². The molecular formula is C21H25F3N4O5S. The summed E-state index contributed by atoms with van der Waals surface area (Å²) in [7, 11) is -2.76. The van der Waals surface area contributed by atoms with Gasteiger partial charge in [0.2, 0.25) is 5.88 Å². The van der Waals surface area contributed by atoms with Gasteiger partial charge in [0.15, 0.2) is 6.61 Å². The first kappa shape index (κ1) is 25.7. The van der Waals surface area contributed by atoms with Crippen molar-refractivity contribution in [3.8, 4) is 5.88 Å². The van der Waals surface area contributed by atoms with Crippen molar-refractivity contribution >= 4 is 22.4 Å². The van der Waals surface area contributed by atoms with Gasteiger partial charge in [0.25, 0.3) is 11.8 Å². The van der Waals surface area contributed by atoms with Crippen molar-refractivity contribution in [1.29, 1.82) is 0 Å². The van der Waals surface area contributed by atoms with E-state index in [4.69, 9.17) is 4.74 Å². The molecule has 0 aliphatic carbocycles. The van der Waals surface area contributed by atoms with E-state index < -0.39 is 35.3 Å². The third kappa shape index (κ3) is 6.15. The molecule has 2 aromatic heterocycles. The fourth-order valence-electron chi connectivity index (χ4n) is 3.49. The van der Waals surface area contributed by atoms with E-state index in [1.165, 1.54) is 29.6 Å². The first-order chi connectivity index (χ1) is 15.8. The monoisotopic (exact) mass is 502 g/mol. The minimum atomic E-state index is -4.48. The molecular weight excluding hydrogens is 477 g/mol. The third-order valence-electron chi connectivity index (χ3n) is 5.24. The summed E-state index contributed by atoms with van der Waals surface area (Å²) in [6.07, 6.45) is -0.496. The van der Waals surface area contributed by atoms with Gasteiger partial charge in [-0.05, 0) is 31.5 Å². The Kier molecular flexibility index (Phi) is 7.38. The zero-order chi connectivity index (χ0) is 25.3. The smallest absolute Gasteiger partial charge is 0.422 e. The average molecular weight is 503 g/mol. The van der Waals surface area contributed by atoms with E-state index >= 15 is 0 Å². The number of pyridine rings is 2. The molecule has 1 aliphatic rings. The highest BCUT2D eigenvalue weighted by molar-refractivity contribution is 8.23. The normalized spacial score (nSPS) is 15.2. The SMILES string of the molecule is Cc1cc(C(C)N2Cc3c(ccnc3C(=O)NCCS(C)(O)O)C2=O)cnc1OCC(F)(F)F. The van der Waals surface area contributed by atoms with Crippen LogP contribution in [0.4, 0.5) is 13.2 Å². The predicted molar refractivity (Wildman–Crippen MR) is 119 cm³/mol. The van der Waals surface area contributed by atoms with E-state index in [9.17, 15) is 31.9 Å². The summed E-state index contributed by atoms with van der Waals surface area (Å²) < 4.78 is 60.9. The number of hydrogen-bond donors (Lipinski definition) is 3. The van der Waals surface area contributed by atoms with Crippen molar-refractivity contribution < 1.29 is 36.6 Å². The van der Waals surface area contributed by atoms with Crippen LogP contribution in [0, 0.1) is 6.92 Å². The number of hydrogen-bond acceptors (Lipinski definition) is 7. The standard InChI is InChI=1S/C21H25F3N4O5S/c1-12-8-14(9-27-19(12)33-11-21(22,23)24)13(2)28-10-16-15(20(28)30)4-5-25-17(16)18(29)26-6-7-34(3,31)32/h4-5,8-9,13,31-32H,6-7,10-11H2,1-3H3,(H,26,29). The van der Waals surface area contributed by atoms with E-state index in [1.54, 1.807) is 19.9 Å². The highest BCUT2D eigenvalue weighted by Crippen LogP contribution is 2.34. The molecule has 2 amide bonds. The van der Waals surface area contributed by atoms with Crippen LogP contribution in [0.5, 0.6) is 5.88 Å². The summed E-state index contributed by atoms with van der Waals surface area (Å²) in [5.74, 6) is -1.01. The van der Waals surface area contributed by atoms with E-state index in [2.05, 4.69) is 15.3 Å². The quantitative estimate of drug-likeness (QED) is 0.504. The van der Waals surface area contributed by atoms with Crippen LogP contribution in [-0.4, -0.2) is 67.1 Å². The molecule has 186 valence electrons. The number of nitrogens with one attached hydrogen (secondary N) is 1. The van der Waals surface area contributed by atoms with E-state index in [1.807, 2.05) is 0 Å². The maximum Gasteiger partial charge on any atom is 0.422 e. The molecule has 0 spiro atoms. The highest BCUT2D eigenvalue weighted by Gasteiger charge is 2.35. The maximum absolute atomic E-state index is 13.0.